The third kappa shape index (κ3) is 3.70. The molecule has 1 atom stereocenters. The Hall–Kier alpha value is -2.47. The Morgan fingerprint density at radius 1 is 1.19 bits per heavy atom. The predicted octanol–water partition coefficient (Wildman–Crippen LogP) is 3.51. The molecule has 26 heavy (non-hydrogen) atoms. The van der Waals surface area contributed by atoms with Crippen LogP contribution in [-0.4, -0.2) is 45.3 Å². The van der Waals surface area contributed by atoms with Gasteiger partial charge in [-0.05, 0) is 26.6 Å². The van der Waals surface area contributed by atoms with Crippen molar-refractivity contribution in [3.63, 3.8) is 0 Å². The molecule has 0 fully saturated rings. The average molecular weight is 352 g/mol. The van der Waals surface area contributed by atoms with Gasteiger partial charge in [-0.15, -0.1) is 0 Å². The molecule has 0 radical (unpaired) electrons. The molecule has 0 unspecified atom stereocenters. The standard InChI is InChI=1S/C20H28N6/c1-13(2)18-23-19(16-11-22-26(6)20(16)24-18)21-12-17(25(4)5)15-9-7-8-14(3)10-15/h7-11,13,17H,12H2,1-6H3,(H,21,23,24)/t17-/m1/s1. The number of aryl methyl sites for hydroxylation is 2. The molecule has 0 bridgehead atoms. The summed E-state index contributed by atoms with van der Waals surface area (Å²) < 4.78 is 1.80. The van der Waals surface area contributed by atoms with E-state index >= 15 is 0 Å². The van der Waals surface area contributed by atoms with Crippen LogP contribution in [0.2, 0.25) is 0 Å². The van der Waals surface area contributed by atoms with Gasteiger partial charge in [0.15, 0.2) is 5.65 Å². The molecule has 0 saturated heterocycles. The Balaban J connectivity index is 1.92. The normalized spacial score (nSPS) is 12.9. The molecule has 0 aliphatic rings. The Morgan fingerprint density at radius 3 is 2.62 bits per heavy atom. The fourth-order valence-electron chi connectivity index (χ4n) is 3.10. The molecule has 6 heteroatoms. The first-order valence-electron chi connectivity index (χ1n) is 9.03. The zero-order chi connectivity index (χ0) is 18.8. The van der Waals surface area contributed by atoms with E-state index in [1.165, 1.54) is 11.1 Å². The molecule has 0 aliphatic heterocycles. The largest absolute Gasteiger partial charge is 0.367 e. The number of hydrogen-bond acceptors (Lipinski definition) is 5. The smallest absolute Gasteiger partial charge is 0.163 e. The minimum Gasteiger partial charge on any atom is -0.367 e. The van der Waals surface area contributed by atoms with Gasteiger partial charge in [0.25, 0.3) is 0 Å². The van der Waals surface area contributed by atoms with Crippen molar-refractivity contribution in [1.29, 1.82) is 0 Å². The Kier molecular flexibility index (Phi) is 5.23. The van der Waals surface area contributed by atoms with Crippen LogP contribution in [0.4, 0.5) is 5.82 Å². The summed E-state index contributed by atoms with van der Waals surface area (Å²) in [5, 5.41) is 8.86. The maximum absolute atomic E-state index is 4.76. The SMILES string of the molecule is Cc1cccc([C@@H](CNc2nc(C(C)C)nc3c2cnn3C)N(C)C)c1. The lowest BCUT2D eigenvalue weighted by Crippen LogP contribution is -2.27. The highest BCUT2D eigenvalue weighted by Crippen LogP contribution is 2.25. The van der Waals surface area contributed by atoms with Crippen molar-refractivity contribution in [2.45, 2.75) is 32.7 Å². The fraction of sp³-hybridized carbons (Fsp3) is 0.450. The monoisotopic (exact) mass is 352 g/mol. The maximum Gasteiger partial charge on any atom is 0.163 e. The van der Waals surface area contributed by atoms with E-state index in [0.717, 1.165) is 29.2 Å². The van der Waals surface area contributed by atoms with Gasteiger partial charge in [-0.1, -0.05) is 43.7 Å². The van der Waals surface area contributed by atoms with Crippen LogP contribution in [0.5, 0.6) is 0 Å². The maximum atomic E-state index is 4.76. The van der Waals surface area contributed by atoms with Gasteiger partial charge in [0.05, 0.1) is 17.6 Å². The van der Waals surface area contributed by atoms with Crippen LogP contribution >= 0.6 is 0 Å². The molecule has 3 rings (SSSR count). The summed E-state index contributed by atoms with van der Waals surface area (Å²) in [5.74, 6) is 1.95. The third-order valence-corrected chi connectivity index (χ3v) is 4.64. The van der Waals surface area contributed by atoms with Gasteiger partial charge in [0, 0.05) is 19.5 Å². The summed E-state index contributed by atoms with van der Waals surface area (Å²) >= 11 is 0. The topological polar surface area (TPSA) is 58.9 Å². The van der Waals surface area contributed by atoms with E-state index in [-0.39, 0.29) is 12.0 Å². The summed E-state index contributed by atoms with van der Waals surface area (Å²) in [5.41, 5.74) is 3.43. The van der Waals surface area contributed by atoms with E-state index in [1.54, 1.807) is 4.68 Å². The summed E-state index contributed by atoms with van der Waals surface area (Å²) in [7, 11) is 6.13. The van der Waals surface area contributed by atoms with Crippen LogP contribution in [-0.2, 0) is 7.05 Å². The zero-order valence-corrected chi connectivity index (χ0v) is 16.5. The van der Waals surface area contributed by atoms with E-state index in [2.05, 4.69) is 79.4 Å². The molecule has 0 amide bonds. The van der Waals surface area contributed by atoms with Crippen molar-refractivity contribution in [2.75, 3.05) is 26.0 Å². The van der Waals surface area contributed by atoms with E-state index in [4.69, 9.17) is 4.98 Å². The van der Waals surface area contributed by atoms with Crippen LogP contribution in [0.25, 0.3) is 11.0 Å². The molecule has 6 nitrogen and oxygen atoms in total. The second-order valence-corrected chi connectivity index (χ2v) is 7.37. The third-order valence-electron chi connectivity index (χ3n) is 4.64. The molecule has 3 aromatic rings. The number of nitrogens with one attached hydrogen (secondary N) is 1. The molecule has 1 aromatic carbocycles. The molecule has 0 aliphatic carbocycles. The van der Waals surface area contributed by atoms with Crippen molar-refractivity contribution in [3.05, 3.63) is 47.4 Å². The number of benzene rings is 1. The minimum atomic E-state index is 0.249. The number of nitrogens with zero attached hydrogens (tertiary/aromatic N) is 5. The van der Waals surface area contributed by atoms with Crippen LogP contribution < -0.4 is 5.32 Å². The van der Waals surface area contributed by atoms with Crippen LogP contribution in [0, 0.1) is 6.92 Å². The van der Waals surface area contributed by atoms with Gasteiger partial charge < -0.3 is 10.2 Å². The van der Waals surface area contributed by atoms with Crippen molar-refractivity contribution in [3.8, 4) is 0 Å². The lowest BCUT2D eigenvalue weighted by atomic mass is 10.0. The lowest BCUT2D eigenvalue weighted by molar-refractivity contribution is 0.311. The molecule has 0 saturated carbocycles. The highest BCUT2D eigenvalue weighted by Gasteiger charge is 2.17. The Labute approximate surface area is 155 Å². The van der Waals surface area contributed by atoms with E-state index in [9.17, 15) is 0 Å². The van der Waals surface area contributed by atoms with Crippen LogP contribution in [0.3, 0.4) is 0 Å². The molecule has 2 aromatic heterocycles. The van der Waals surface area contributed by atoms with Crippen LogP contribution in [0.1, 0.15) is 42.8 Å². The van der Waals surface area contributed by atoms with Crippen molar-refractivity contribution < 1.29 is 0 Å². The lowest BCUT2D eigenvalue weighted by Gasteiger charge is -2.26. The first-order chi connectivity index (χ1) is 12.4. The number of fused-ring (bicyclic) bond motifs is 1. The number of aromatic nitrogens is 4. The van der Waals surface area contributed by atoms with Gasteiger partial charge in [-0.25, -0.2) is 9.97 Å². The number of anilines is 1. The molecule has 1 N–H and O–H groups in total. The van der Waals surface area contributed by atoms with Crippen molar-refractivity contribution in [2.24, 2.45) is 7.05 Å². The summed E-state index contributed by atoms with van der Waals surface area (Å²) in [4.78, 5) is 11.7. The molecule has 0 spiro atoms. The molecule has 2 heterocycles. The van der Waals surface area contributed by atoms with Gasteiger partial charge in [-0.3, -0.25) is 4.68 Å². The van der Waals surface area contributed by atoms with Gasteiger partial charge in [0.2, 0.25) is 0 Å². The molecular formula is C20H28N6. The van der Waals surface area contributed by atoms with Gasteiger partial charge in [0.1, 0.15) is 11.6 Å². The summed E-state index contributed by atoms with van der Waals surface area (Å²) in [6.07, 6.45) is 1.83. The quantitative estimate of drug-likeness (QED) is 0.736. The summed E-state index contributed by atoms with van der Waals surface area (Å²) in [6, 6.07) is 8.91. The zero-order valence-electron chi connectivity index (χ0n) is 16.5. The first-order valence-corrected chi connectivity index (χ1v) is 9.03. The Morgan fingerprint density at radius 2 is 1.96 bits per heavy atom. The van der Waals surface area contributed by atoms with E-state index in [0.29, 0.717) is 0 Å². The molecular weight excluding hydrogens is 324 g/mol. The highest BCUT2D eigenvalue weighted by atomic mass is 15.3. The summed E-state index contributed by atoms with van der Waals surface area (Å²) in [6.45, 7) is 7.10. The van der Waals surface area contributed by atoms with Crippen LogP contribution in [0.15, 0.2) is 30.5 Å². The highest BCUT2D eigenvalue weighted by molar-refractivity contribution is 5.86. The van der Waals surface area contributed by atoms with Crippen molar-refractivity contribution in [1.82, 2.24) is 24.6 Å². The van der Waals surface area contributed by atoms with Gasteiger partial charge >= 0.3 is 0 Å². The predicted molar refractivity (Wildman–Crippen MR) is 106 cm³/mol. The average Bonchev–Trinajstić information content (AvgIpc) is 2.96. The number of rotatable bonds is 6. The minimum absolute atomic E-state index is 0.249. The van der Waals surface area contributed by atoms with Gasteiger partial charge in [-0.2, -0.15) is 5.10 Å². The molecule has 138 valence electrons. The first kappa shape index (κ1) is 18.3. The number of likely N-dealkylation sites (N-methyl/N-ethyl adjacent to an activating group) is 1. The fourth-order valence-corrected chi connectivity index (χ4v) is 3.10. The van der Waals surface area contributed by atoms with E-state index in [1.807, 2.05) is 13.2 Å². The Bertz CT molecular complexity index is 896. The second-order valence-electron chi connectivity index (χ2n) is 7.37. The van der Waals surface area contributed by atoms with Crippen molar-refractivity contribution >= 4 is 16.9 Å². The van der Waals surface area contributed by atoms with E-state index < -0.39 is 0 Å². The second kappa shape index (κ2) is 7.41. The number of hydrogen-bond donors (Lipinski definition) is 1.